The lowest BCUT2D eigenvalue weighted by Gasteiger charge is -2.18. The average Bonchev–Trinajstić information content (AvgIpc) is 3.24. The van der Waals surface area contributed by atoms with Gasteiger partial charge in [0.05, 0.1) is 10.5 Å². The van der Waals surface area contributed by atoms with Gasteiger partial charge in [-0.15, -0.1) is 10.2 Å². The highest BCUT2D eigenvalue weighted by Gasteiger charge is 2.22. The van der Waals surface area contributed by atoms with Crippen molar-refractivity contribution in [2.45, 2.75) is 13.0 Å². The van der Waals surface area contributed by atoms with Gasteiger partial charge >= 0.3 is 5.97 Å². The number of nitrogens with zero attached hydrogens (tertiary/aromatic N) is 3. The lowest BCUT2D eigenvalue weighted by molar-refractivity contribution is -0.384. The van der Waals surface area contributed by atoms with E-state index in [9.17, 15) is 14.9 Å². The summed E-state index contributed by atoms with van der Waals surface area (Å²) < 4.78 is 21.8. The van der Waals surface area contributed by atoms with E-state index < -0.39 is 17.0 Å². The largest absolute Gasteiger partial charge is 0.486 e. The quantitative estimate of drug-likeness (QED) is 0.362. The molecule has 0 radical (unpaired) electrons. The van der Waals surface area contributed by atoms with Crippen LogP contribution < -0.4 is 9.47 Å². The van der Waals surface area contributed by atoms with Gasteiger partial charge in [0.2, 0.25) is 5.89 Å². The lowest BCUT2D eigenvalue weighted by Crippen LogP contribution is -2.16. The molecule has 1 aliphatic rings. The van der Waals surface area contributed by atoms with Gasteiger partial charge in [-0.2, -0.15) is 0 Å². The van der Waals surface area contributed by atoms with Gasteiger partial charge in [0.25, 0.3) is 11.6 Å². The predicted octanol–water partition coefficient (Wildman–Crippen LogP) is 3.33. The van der Waals surface area contributed by atoms with Crippen molar-refractivity contribution in [2.75, 3.05) is 13.2 Å². The molecule has 10 heteroatoms. The summed E-state index contributed by atoms with van der Waals surface area (Å²) in [6.45, 7) is 2.47. The van der Waals surface area contributed by atoms with E-state index in [1.54, 1.807) is 25.1 Å². The topological polar surface area (TPSA) is 127 Å². The second-order valence-corrected chi connectivity index (χ2v) is 6.16. The number of carbonyl (C=O) groups is 1. The van der Waals surface area contributed by atoms with Gasteiger partial charge in [-0.1, -0.05) is 0 Å². The van der Waals surface area contributed by atoms with Crippen LogP contribution in [0, 0.1) is 10.1 Å². The average molecular weight is 397 g/mol. The van der Waals surface area contributed by atoms with E-state index in [1.165, 1.54) is 24.3 Å². The monoisotopic (exact) mass is 397 g/mol. The maximum atomic E-state index is 12.4. The van der Waals surface area contributed by atoms with Gasteiger partial charge in [-0.05, 0) is 37.3 Å². The van der Waals surface area contributed by atoms with Gasteiger partial charge < -0.3 is 18.6 Å². The molecule has 0 N–H and O–H groups in total. The van der Waals surface area contributed by atoms with Crippen LogP contribution in [-0.2, 0) is 4.74 Å². The Labute approximate surface area is 164 Å². The van der Waals surface area contributed by atoms with E-state index in [0.717, 1.165) is 0 Å². The second kappa shape index (κ2) is 7.58. The summed E-state index contributed by atoms with van der Waals surface area (Å²) in [7, 11) is 0. The van der Waals surface area contributed by atoms with Gasteiger partial charge in [0.15, 0.2) is 17.6 Å². The minimum atomic E-state index is -0.796. The molecule has 29 heavy (non-hydrogen) atoms. The number of nitro benzene ring substituents is 1. The minimum absolute atomic E-state index is 0.0461. The number of esters is 1. The Bertz CT molecular complexity index is 1060. The van der Waals surface area contributed by atoms with Crippen LogP contribution in [0.25, 0.3) is 11.5 Å². The Balaban J connectivity index is 1.45. The molecule has 10 nitrogen and oxygen atoms in total. The molecule has 3 aromatic rings. The fourth-order valence-corrected chi connectivity index (χ4v) is 2.69. The Kier molecular flexibility index (Phi) is 4.82. The normalized spacial score (nSPS) is 13.6. The van der Waals surface area contributed by atoms with Crippen molar-refractivity contribution in [1.29, 1.82) is 0 Å². The highest BCUT2D eigenvalue weighted by molar-refractivity contribution is 5.90. The zero-order valence-electron chi connectivity index (χ0n) is 15.2. The second-order valence-electron chi connectivity index (χ2n) is 6.16. The van der Waals surface area contributed by atoms with Crippen LogP contribution in [0.4, 0.5) is 5.69 Å². The van der Waals surface area contributed by atoms with Crippen LogP contribution in [0.2, 0.25) is 0 Å². The first-order chi connectivity index (χ1) is 14.0. The van der Waals surface area contributed by atoms with Crippen molar-refractivity contribution in [1.82, 2.24) is 10.2 Å². The molecule has 4 rings (SSSR count). The van der Waals surface area contributed by atoms with Crippen molar-refractivity contribution in [2.24, 2.45) is 0 Å². The summed E-state index contributed by atoms with van der Waals surface area (Å²) in [5.74, 6) is 0.744. The predicted molar refractivity (Wildman–Crippen MR) is 97.7 cm³/mol. The van der Waals surface area contributed by atoms with E-state index in [0.29, 0.717) is 35.8 Å². The number of benzene rings is 2. The molecule has 0 unspecified atom stereocenters. The van der Waals surface area contributed by atoms with Crippen molar-refractivity contribution < 1.29 is 28.3 Å². The van der Waals surface area contributed by atoms with Crippen molar-refractivity contribution in [3.63, 3.8) is 0 Å². The van der Waals surface area contributed by atoms with Crippen LogP contribution >= 0.6 is 0 Å². The molecule has 0 spiro atoms. The molecular formula is C19H15N3O7. The Morgan fingerprint density at radius 2 is 1.83 bits per heavy atom. The van der Waals surface area contributed by atoms with Crippen LogP contribution in [0.5, 0.6) is 11.5 Å². The smallest absolute Gasteiger partial charge is 0.339 e. The molecule has 2 heterocycles. The van der Waals surface area contributed by atoms with Gasteiger partial charge in [0.1, 0.15) is 13.2 Å². The number of aromatic nitrogens is 2. The van der Waals surface area contributed by atoms with E-state index in [-0.39, 0.29) is 17.5 Å². The summed E-state index contributed by atoms with van der Waals surface area (Å²) in [4.78, 5) is 22.7. The molecule has 0 aliphatic carbocycles. The number of carbonyl (C=O) groups excluding carboxylic acids is 1. The molecule has 2 aromatic carbocycles. The molecule has 0 saturated heterocycles. The number of ether oxygens (including phenoxy) is 3. The molecule has 1 atom stereocenters. The third-order valence-corrected chi connectivity index (χ3v) is 4.18. The molecular weight excluding hydrogens is 382 g/mol. The third kappa shape index (κ3) is 3.86. The molecule has 0 amide bonds. The van der Waals surface area contributed by atoms with Crippen LogP contribution in [0.15, 0.2) is 46.9 Å². The van der Waals surface area contributed by atoms with Crippen LogP contribution in [0.3, 0.4) is 0 Å². The Hall–Kier alpha value is -3.95. The van der Waals surface area contributed by atoms with Crippen molar-refractivity contribution in [3.05, 3.63) is 64.0 Å². The number of hydrogen-bond acceptors (Lipinski definition) is 9. The fraction of sp³-hybridized carbons (Fsp3) is 0.211. The standard InChI is InChI=1S/C19H15N3O7/c1-11(28-19(23)13-4-7-15-16(10-13)27-9-8-26-15)17-20-21-18(29-17)12-2-5-14(6-3-12)22(24)25/h2-7,10-11H,8-9H2,1H3/t11-/m1/s1. The Morgan fingerprint density at radius 3 is 2.55 bits per heavy atom. The highest BCUT2D eigenvalue weighted by atomic mass is 16.6. The summed E-state index contributed by atoms with van der Waals surface area (Å²) >= 11 is 0. The number of hydrogen-bond donors (Lipinski definition) is 0. The lowest BCUT2D eigenvalue weighted by atomic mass is 10.2. The van der Waals surface area contributed by atoms with E-state index in [4.69, 9.17) is 18.6 Å². The zero-order valence-corrected chi connectivity index (χ0v) is 15.2. The van der Waals surface area contributed by atoms with Gasteiger partial charge in [-0.25, -0.2) is 4.79 Å². The number of non-ortho nitro benzene ring substituents is 1. The van der Waals surface area contributed by atoms with Crippen LogP contribution in [-0.4, -0.2) is 34.3 Å². The first-order valence-corrected chi connectivity index (χ1v) is 8.70. The maximum absolute atomic E-state index is 12.4. The molecule has 1 aliphatic heterocycles. The van der Waals surface area contributed by atoms with Crippen LogP contribution in [0.1, 0.15) is 29.3 Å². The number of rotatable bonds is 5. The summed E-state index contributed by atoms with van der Waals surface area (Å²) in [6, 6.07) is 10.5. The van der Waals surface area contributed by atoms with Crippen molar-refractivity contribution >= 4 is 11.7 Å². The first kappa shape index (κ1) is 18.4. The van der Waals surface area contributed by atoms with Crippen molar-refractivity contribution in [3.8, 4) is 23.0 Å². The minimum Gasteiger partial charge on any atom is -0.486 e. The molecule has 148 valence electrons. The van der Waals surface area contributed by atoms with E-state index in [1.807, 2.05) is 0 Å². The highest BCUT2D eigenvalue weighted by Crippen LogP contribution is 2.31. The van der Waals surface area contributed by atoms with E-state index in [2.05, 4.69) is 10.2 Å². The summed E-state index contributed by atoms with van der Waals surface area (Å²) in [5, 5.41) is 18.5. The van der Waals surface area contributed by atoms with E-state index >= 15 is 0 Å². The first-order valence-electron chi connectivity index (χ1n) is 8.70. The SMILES string of the molecule is C[C@@H](OC(=O)c1ccc2c(c1)OCCO2)c1nnc(-c2ccc([N+](=O)[O-])cc2)o1. The molecule has 0 bridgehead atoms. The third-order valence-electron chi connectivity index (χ3n) is 4.18. The fourth-order valence-electron chi connectivity index (χ4n) is 2.69. The maximum Gasteiger partial charge on any atom is 0.339 e. The molecule has 1 aromatic heterocycles. The molecule has 0 saturated carbocycles. The zero-order chi connectivity index (χ0) is 20.4. The number of fused-ring (bicyclic) bond motifs is 1. The Morgan fingerprint density at radius 1 is 1.10 bits per heavy atom. The number of nitro groups is 1. The molecule has 0 fully saturated rings. The van der Waals surface area contributed by atoms with Gasteiger partial charge in [0, 0.05) is 17.7 Å². The van der Waals surface area contributed by atoms with Gasteiger partial charge in [-0.3, -0.25) is 10.1 Å². The summed E-state index contributed by atoms with van der Waals surface area (Å²) in [5.41, 5.74) is 0.770. The summed E-state index contributed by atoms with van der Waals surface area (Å²) in [6.07, 6.45) is -0.796.